The predicted octanol–water partition coefficient (Wildman–Crippen LogP) is 5.48. The largest absolute Gasteiger partial charge is 0.487 e. The number of nitrogens with zero attached hydrogens (tertiary/aromatic N) is 2. The van der Waals surface area contributed by atoms with E-state index in [1.54, 1.807) is 48.5 Å². The van der Waals surface area contributed by atoms with E-state index < -0.39 is 11.9 Å². The summed E-state index contributed by atoms with van der Waals surface area (Å²) in [5.74, 6) is 0.579. The third-order valence-corrected chi connectivity index (χ3v) is 6.48. The van der Waals surface area contributed by atoms with Crippen molar-refractivity contribution in [1.29, 1.82) is 0 Å². The molecule has 0 spiro atoms. The van der Waals surface area contributed by atoms with Gasteiger partial charge in [-0.05, 0) is 80.4 Å². The van der Waals surface area contributed by atoms with Crippen LogP contribution in [0.25, 0.3) is 0 Å². The van der Waals surface area contributed by atoms with Crippen molar-refractivity contribution in [3.63, 3.8) is 0 Å². The monoisotopic (exact) mass is 525 g/mol. The van der Waals surface area contributed by atoms with Gasteiger partial charge in [0, 0.05) is 31.9 Å². The summed E-state index contributed by atoms with van der Waals surface area (Å²) in [6.45, 7) is 6.80. The first kappa shape index (κ1) is 27.4. The van der Waals surface area contributed by atoms with Gasteiger partial charge in [-0.3, -0.25) is 0 Å². The molecule has 39 heavy (non-hydrogen) atoms. The number of anilines is 1. The average Bonchev–Trinajstić information content (AvgIpc) is 2.93. The van der Waals surface area contributed by atoms with E-state index in [0.29, 0.717) is 47.1 Å². The molecule has 1 heterocycles. The first-order valence-electron chi connectivity index (χ1n) is 12.7. The molecule has 4 aromatic rings. The Morgan fingerprint density at radius 3 is 1.67 bits per heavy atom. The molecule has 3 aromatic carbocycles. The summed E-state index contributed by atoms with van der Waals surface area (Å²) in [6.07, 6.45) is 4.03. The Morgan fingerprint density at radius 2 is 1.18 bits per heavy atom. The molecule has 0 unspecified atom stereocenters. The van der Waals surface area contributed by atoms with Gasteiger partial charge in [0.2, 0.25) is 0 Å². The highest BCUT2D eigenvalue weighted by Crippen LogP contribution is 2.30. The van der Waals surface area contributed by atoms with Crippen LogP contribution in [0.2, 0.25) is 0 Å². The lowest BCUT2D eigenvalue weighted by Crippen LogP contribution is -2.35. The average molecular weight is 526 g/mol. The van der Waals surface area contributed by atoms with E-state index in [1.165, 1.54) is 0 Å². The Balaban J connectivity index is 1.32. The first-order valence-corrected chi connectivity index (χ1v) is 12.7. The van der Waals surface area contributed by atoms with Crippen LogP contribution in [0.4, 0.5) is 5.69 Å². The predicted molar refractivity (Wildman–Crippen MR) is 150 cm³/mol. The van der Waals surface area contributed by atoms with E-state index in [-0.39, 0.29) is 0 Å². The molecule has 7 nitrogen and oxygen atoms in total. The molecule has 0 atom stereocenters. The minimum Gasteiger partial charge on any atom is -0.487 e. The van der Waals surface area contributed by atoms with E-state index in [9.17, 15) is 9.59 Å². The summed E-state index contributed by atoms with van der Waals surface area (Å²) in [5, 5.41) is 0. The van der Waals surface area contributed by atoms with Gasteiger partial charge in [0.05, 0.1) is 11.1 Å². The van der Waals surface area contributed by atoms with Crippen molar-refractivity contribution in [1.82, 2.24) is 0 Å². The normalized spacial score (nSPS) is 10.6. The highest BCUT2D eigenvalue weighted by atomic mass is 16.5. The van der Waals surface area contributed by atoms with Crippen molar-refractivity contribution in [3.8, 4) is 17.2 Å². The van der Waals surface area contributed by atoms with Crippen LogP contribution in [0.1, 0.15) is 37.4 Å². The van der Waals surface area contributed by atoms with Gasteiger partial charge in [-0.2, -0.15) is 0 Å². The van der Waals surface area contributed by atoms with Crippen molar-refractivity contribution in [3.05, 3.63) is 113 Å². The highest BCUT2D eigenvalue weighted by Gasteiger charge is 2.16. The van der Waals surface area contributed by atoms with Gasteiger partial charge in [0.15, 0.2) is 18.9 Å². The van der Waals surface area contributed by atoms with E-state index >= 15 is 0 Å². The topological polar surface area (TPSA) is 68.9 Å². The van der Waals surface area contributed by atoms with E-state index in [1.807, 2.05) is 59.4 Å². The fraction of sp³-hybridized carbons (Fsp3) is 0.219. The van der Waals surface area contributed by atoms with Gasteiger partial charge in [-0.1, -0.05) is 17.7 Å². The fourth-order valence-corrected chi connectivity index (χ4v) is 3.85. The minimum absolute atomic E-state index is 0.405. The lowest BCUT2D eigenvalue weighted by molar-refractivity contribution is -0.697. The van der Waals surface area contributed by atoms with Crippen molar-refractivity contribution >= 4 is 17.6 Å². The number of aryl methyl sites for hydroxylation is 1. The number of aromatic nitrogens is 1. The van der Waals surface area contributed by atoms with Crippen molar-refractivity contribution < 1.29 is 28.4 Å². The highest BCUT2D eigenvalue weighted by molar-refractivity contribution is 5.92. The summed E-state index contributed by atoms with van der Waals surface area (Å²) in [6, 6.07) is 21.4. The molecule has 200 valence electrons. The number of benzene rings is 3. The summed E-state index contributed by atoms with van der Waals surface area (Å²) in [5.41, 5.74) is 4.51. The minimum atomic E-state index is -0.481. The van der Waals surface area contributed by atoms with Crippen LogP contribution >= 0.6 is 0 Å². The lowest BCUT2D eigenvalue weighted by atomic mass is 10.1. The maximum Gasteiger partial charge on any atom is 0.343 e. The van der Waals surface area contributed by atoms with Gasteiger partial charge < -0.3 is 19.1 Å². The van der Waals surface area contributed by atoms with Crippen molar-refractivity contribution in [2.45, 2.75) is 27.3 Å². The molecule has 0 amide bonds. The number of rotatable bonds is 9. The molecule has 0 aliphatic rings. The maximum absolute atomic E-state index is 12.8. The van der Waals surface area contributed by atoms with Crippen LogP contribution in [-0.2, 0) is 6.54 Å². The van der Waals surface area contributed by atoms with E-state index in [4.69, 9.17) is 14.2 Å². The molecule has 0 N–H and O–H groups in total. The van der Waals surface area contributed by atoms with E-state index in [2.05, 4.69) is 21.6 Å². The van der Waals surface area contributed by atoms with Gasteiger partial charge in [0.1, 0.15) is 23.9 Å². The van der Waals surface area contributed by atoms with Crippen LogP contribution in [0.5, 0.6) is 17.2 Å². The van der Waals surface area contributed by atoms with Crippen LogP contribution in [0.3, 0.4) is 0 Å². The first-order chi connectivity index (χ1) is 18.7. The standard InChI is InChI=1S/C32H33N2O5/c1-22-6-8-25(9-7-22)31(35)38-29-14-15-30(24(3)23(29)2)39-32(36)26-10-12-28(13-11-26)37-21-20-34-18-16-27(17-19-34)33(4)5/h6-19H,20-21H2,1-5H3/q+1. The number of ether oxygens (including phenoxy) is 3. The Morgan fingerprint density at radius 1 is 0.692 bits per heavy atom. The molecule has 0 aliphatic carbocycles. The number of pyridine rings is 1. The maximum atomic E-state index is 12.8. The fourth-order valence-electron chi connectivity index (χ4n) is 3.85. The van der Waals surface area contributed by atoms with Gasteiger partial charge >= 0.3 is 11.9 Å². The van der Waals surface area contributed by atoms with Crippen LogP contribution < -0.4 is 23.7 Å². The molecule has 1 aromatic heterocycles. The number of carbonyl (C=O) groups is 2. The third-order valence-electron chi connectivity index (χ3n) is 6.48. The van der Waals surface area contributed by atoms with Gasteiger partial charge in [-0.25, -0.2) is 14.2 Å². The summed E-state index contributed by atoms with van der Waals surface area (Å²) < 4.78 is 19.1. The summed E-state index contributed by atoms with van der Waals surface area (Å²) in [4.78, 5) is 27.4. The SMILES string of the molecule is Cc1ccc(C(=O)Oc2ccc(OC(=O)c3ccc(OCC[n+]4ccc(N(C)C)cc4)cc3)c(C)c2C)cc1. The molecule has 0 fully saturated rings. The second kappa shape index (κ2) is 12.3. The molecule has 0 saturated heterocycles. The Hall–Kier alpha value is -4.65. The number of hydrogen-bond donors (Lipinski definition) is 0. The smallest absolute Gasteiger partial charge is 0.343 e. The Labute approximate surface area is 229 Å². The number of esters is 2. The molecule has 0 bridgehead atoms. The zero-order valence-electron chi connectivity index (χ0n) is 22.9. The number of carbonyl (C=O) groups excluding carboxylic acids is 2. The summed E-state index contributed by atoms with van der Waals surface area (Å²) >= 11 is 0. The molecule has 7 heteroatoms. The molecular formula is C32H33N2O5+. The van der Waals surface area contributed by atoms with Crippen molar-refractivity contribution in [2.24, 2.45) is 0 Å². The second-order valence-corrected chi connectivity index (χ2v) is 9.52. The zero-order valence-corrected chi connectivity index (χ0v) is 22.9. The number of hydrogen-bond acceptors (Lipinski definition) is 6. The third kappa shape index (κ3) is 7.02. The van der Waals surface area contributed by atoms with Gasteiger partial charge in [0.25, 0.3) is 0 Å². The van der Waals surface area contributed by atoms with Crippen LogP contribution in [-0.4, -0.2) is 32.6 Å². The molecule has 0 saturated carbocycles. The van der Waals surface area contributed by atoms with Gasteiger partial charge in [-0.15, -0.1) is 0 Å². The van der Waals surface area contributed by atoms with Crippen LogP contribution in [0, 0.1) is 20.8 Å². The Bertz CT molecular complexity index is 1440. The second-order valence-electron chi connectivity index (χ2n) is 9.52. The van der Waals surface area contributed by atoms with Crippen molar-refractivity contribution in [2.75, 3.05) is 25.6 Å². The molecule has 0 aliphatic heterocycles. The Kier molecular flexibility index (Phi) is 8.61. The lowest BCUT2D eigenvalue weighted by Gasteiger charge is -2.14. The van der Waals surface area contributed by atoms with Crippen LogP contribution in [0.15, 0.2) is 85.2 Å². The quantitative estimate of drug-likeness (QED) is 0.164. The zero-order chi connectivity index (χ0) is 27.9. The molecular weight excluding hydrogens is 492 g/mol. The summed E-state index contributed by atoms with van der Waals surface area (Å²) in [7, 11) is 4.01. The molecule has 0 radical (unpaired) electrons. The van der Waals surface area contributed by atoms with E-state index in [0.717, 1.165) is 16.8 Å². The molecule has 4 rings (SSSR count).